The van der Waals surface area contributed by atoms with E-state index in [1.807, 2.05) is 12.1 Å². The fraction of sp³-hybridized carbons (Fsp3) is 0.0938. The molecule has 2 aromatic heterocycles. The van der Waals surface area contributed by atoms with Gasteiger partial charge in [-0.25, -0.2) is 0 Å². The number of fused-ring (bicyclic) bond motifs is 9. The third-order valence-corrected chi connectivity index (χ3v) is 14.7. The van der Waals surface area contributed by atoms with E-state index in [4.69, 9.17) is 4.42 Å². The lowest BCUT2D eigenvalue weighted by molar-refractivity contribution is 0.635. The van der Waals surface area contributed by atoms with Gasteiger partial charge in [-0.05, 0) is 141 Å². The summed E-state index contributed by atoms with van der Waals surface area (Å²) in [6, 6.07) is 73.7. The van der Waals surface area contributed by atoms with Gasteiger partial charge in [0.05, 0.1) is 11.0 Å². The van der Waals surface area contributed by atoms with Crippen LogP contribution in [0.15, 0.2) is 229 Å². The highest BCUT2D eigenvalue weighted by Gasteiger charge is 2.36. The number of aromatic nitrogens is 1. The molecule has 9 aromatic carbocycles. The number of hydrogen-bond donors (Lipinski definition) is 0. The van der Waals surface area contributed by atoms with Crippen molar-refractivity contribution in [2.75, 3.05) is 4.90 Å². The second-order valence-corrected chi connectivity index (χ2v) is 19.0. The van der Waals surface area contributed by atoms with Gasteiger partial charge in [-0.3, -0.25) is 0 Å². The average Bonchev–Trinajstić information content (AvgIpc) is 3.99. The van der Waals surface area contributed by atoms with Gasteiger partial charge in [-0.15, -0.1) is 0 Å². The van der Waals surface area contributed by atoms with Gasteiger partial charge < -0.3 is 13.9 Å². The third-order valence-electron chi connectivity index (χ3n) is 14.7. The molecule has 2 aliphatic carbocycles. The van der Waals surface area contributed by atoms with E-state index in [1.54, 1.807) is 0 Å². The van der Waals surface area contributed by atoms with Gasteiger partial charge in [0.15, 0.2) is 0 Å². The summed E-state index contributed by atoms with van der Waals surface area (Å²) >= 11 is 0. The minimum Gasteiger partial charge on any atom is -0.456 e. The van der Waals surface area contributed by atoms with Crippen molar-refractivity contribution in [2.24, 2.45) is 5.92 Å². The van der Waals surface area contributed by atoms with Crippen molar-refractivity contribution in [3.05, 3.63) is 241 Å². The average molecular weight is 861 g/mol. The molecular weight excluding hydrogens is 813 g/mol. The molecule has 0 spiro atoms. The maximum Gasteiger partial charge on any atom is 0.135 e. The maximum atomic E-state index is 6.28. The van der Waals surface area contributed by atoms with Gasteiger partial charge in [0.25, 0.3) is 0 Å². The monoisotopic (exact) mass is 860 g/mol. The molecule has 67 heavy (non-hydrogen) atoms. The van der Waals surface area contributed by atoms with Gasteiger partial charge in [-0.2, -0.15) is 0 Å². The molecule has 11 aromatic rings. The van der Waals surface area contributed by atoms with E-state index >= 15 is 0 Å². The van der Waals surface area contributed by atoms with Crippen molar-refractivity contribution in [1.29, 1.82) is 0 Å². The summed E-state index contributed by atoms with van der Waals surface area (Å²) in [5.74, 6) is 0.804. The first kappa shape index (κ1) is 39.2. The lowest BCUT2D eigenvalue weighted by Crippen LogP contribution is -2.14. The fourth-order valence-electron chi connectivity index (χ4n) is 11.2. The van der Waals surface area contributed by atoms with Crippen LogP contribution in [0.1, 0.15) is 43.4 Å². The van der Waals surface area contributed by atoms with Crippen molar-refractivity contribution in [3.8, 4) is 39.1 Å². The number of furan rings is 1. The Kier molecular flexibility index (Phi) is 8.92. The summed E-state index contributed by atoms with van der Waals surface area (Å²) in [6.07, 6.45) is 8.94. The van der Waals surface area contributed by atoms with Crippen LogP contribution in [0.2, 0.25) is 0 Å². The van der Waals surface area contributed by atoms with Crippen LogP contribution < -0.4 is 4.90 Å². The molecule has 0 fully saturated rings. The van der Waals surface area contributed by atoms with Crippen LogP contribution in [0.4, 0.5) is 17.1 Å². The topological polar surface area (TPSA) is 21.3 Å². The van der Waals surface area contributed by atoms with E-state index < -0.39 is 0 Å². The SMILES string of the molecule is CC1C=CC=CC1c1ccc(N(c2ccc(-c3ccc4c(c3)c3cc5c(cc3n4-c3ccc(-c4ccccc4)cc3)C(C)(C)c3ccccc3-5)cc2)c2ccc3oc4ccccc4c3c2)cc1. The molecule has 2 aliphatic rings. The van der Waals surface area contributed by atoms with Gasteiger partial charge in [0.2, 0.25) is 0 Å². The maximum absolute atomic E-state index is 6.28. The molecule has 0 saturated carbocycles. The van der Waals surface area contributed by atoms with Crippen molar-refractivity contribution >= 4 is 60.8 Å². The molecule has 3 heteroatoms. The normalized spacial score (nSPS) is 16.0. The Morgan fingerprint density at radius 3 is 1.88 bits per heavy atom. The molecule has 0 amide bonds. The predicted octanol–water partition coefficient (Wildman–Crippen LogP) is 17.6. The Morgan fingerprint density at radius 1 is 0.448 bits per heavy atom. The predicted molar refractivity (Wildman–Crippen MR) is 281 cm³/mol. The number of benzene rings is 9. The van der Waals surface area contributed by atoms with Crippen molar-refractivity contribution in [1.82, 2.24) is 4.57 Å². The Balaban J connectivity index is 0.931. The molecule has 13 rings (SSSR count). The van der Waals surface area contributed by atoms with Gasteiger partial charge >= 0.3 is 0 Å². The Bertz CT molecular complexity index is 3770. The molecule has 2 unspecified atom stereocenters. The Labute approximate surface area is 391 Å². The summed E-state index contributed by atoms with van der Waals surface area (Å²) in [7, 11) is 0. The summed E-state index contributed by atoms with van der Waals surface area (Å²) in [6.45, 7) is 7.03. The first-order valence-electron chi connectivity index (χ1n) is 23.5. The minimum atomic E-state index is -0.109. The molecule has 2 heterocycles. The molecule has 0 aliphatic heterocycles. The molecule has 320 valence electrons. The van der Waals surface area contributed by atoms with E-state index in [1.165, 1.54) is 71.9 Å². The highest BCUT2D eigenvalue weighted by Crippen LogP contribution is 2.51. The summed E-state index contributed by atoms with van der Waals surface area (Å²) in [5.41, 5.74) is 20.1. The smallest absolute Gasteiger partial charge is 0.135 e. The highest BCUT2D eigenvalue weighted by atomic mass is 16.3. The lowest BCUT2D eigenvalue weighted by Gasteiger charge is -2.27. The van der Waals surface area contributed by atoms with Crippen LogP contribution in [0, 0.1) is 5.92 Å². The highest BCUT2D eigenvalue weighted by molar-refractivity contribution is 6.13. The lowest BCUT2D eigenvalue weighted by atomic mass is 9.82. The first-order chi connectivity index (χ1) is 32.9. The molecule has 2 atom stereocenters. The zero-order chi connectivity index (χ0) is 44.8. The van der Waals surface area contributed by atoms with E-state index in [0.29, 0.717) is 11.8 Å². The van der Waals surface area contributed by atoms with E-state index in [0.717, 1.165) is 44.7 Å². The van der Waals surface area contributed by atoms with Crippen molar-refractivity contribution in [2.45, 2.75) is 32.1 Å². The van der Waals surface area contributed by atoms with E-state index in [2.05, 4.69) is 243 Å². The molecule has 0 bridgehead atoms. The summed E-state index contributed by atoms with van der Waals surface area (Å²) in [4.78, 5) is 2.37. The van der Waals surface area contributed by atoms with Gasteiger partial charge in [-0.1, -0.05) is 160 Å². The van der Waals surface area contributed by atoms with E-state index in [-0.39, 0.29) is 5.41 Å². The van der Waals surface area contributed by atoms with Crippen molar-refractivity contribution in [3.63, 3.8) is 0 Å². The van der Waals surface area contributed by atoms with Crippen LogP contribution in [-0.2, 0) is 5.41 Å². The zero-order valence-electron chi connectivity index (χ0n) is 37.8. The van der Waals surface area contributed by atoms with E-state index in [9.17, 15) is 0 Å². The van der Waals surface area contributed by atoms with Crippen LogP contribution in [0.25, 0.3) is 82.8 Å². The van der Waals surface area contributed by atoms with Crippen LogP contribution in [0.3, 0.4) is 0 Å². The Hall–Kier alpha value is -8.14. The van der Waals surface area contributed by atoms with Gasteiger partial charge in [0, 0.05) is 55.6 Å². The van der Waals surface area contributed by atoms with Crippen LogP contribution in [-0.4, -0.2) is 4.57 Å². The zero-order valence-corrected chi connectivity index (χ0v) is 37.8. The fourth-order valence-corrected chi connectivity index (χ4v) is 11.2. The molecule has 0 N–H and O–H groups in total. The van der Waals surface area contributed by atoms with Crippen LogP contribution >= 0.6 is 0 Å². The summed E-state index contributed by atoms with van der Waals surface area (Å²) < 4.78 is 8.74. The molecular formula is C64H48N2O. The number of allylic oxidation sites excluding steroid dienone is 4. The number of rotatable bonds is 7. The third kappa shape index (κ3) is 6.33. The largest absolute Gasteiger partial charge is 0.456 e. The first-order valence-corrected chi connectivity index (χ1v) is 23.5. The van der Waals surface area contributed by atoms with Crippen LogP contribution in [0.5, 0.6) is 0 Å². The molecule has 3 nitrogen and oxygen atoms in total. The minimum absolute atomic E-state index is 0.109. The quantitative estimate of drug-likeness (QED) is 0.159. The standard InChI is InChI=1S/C64H48N2O/c1-41-13-7-8-16-51(41)45-25-32-48(33-26-45)65(50-34-36-63-57(38-50)53-18-10-12-20-62(53)67-63)47-28-23-44(24-29-47)46-27-35-60-55(37-46)56-39-54-52-17-9-11-19-58(52)64(2,3)59(54)40-61(56)66(60)49-30-21-43(22-31-49)42-14-5-4-6-15-42/h4-41,51H,1-3H3. The second kappa shape index (κ2) is 15.2. The number of anilines is 3. The molecule has 0 radical (unpaired) electrons. The number of nitrogens with zero attached hydrogens (tertiary/aromatic N) is 2. The summed E-state index contributed by atoms with van der Waals surface area (Å²) in [5, 5.41) is 4.73. The Morgan fingerprint density at radius 2 is 1.07 bits per heavy atom. The number of para-hydroxylation sites is 1. The van der Waals surface area contributed by atoms with Crippen molar-refractivity contribution < 1.29 is 4.42 Å². The second-order valence-electron chi connectivity index (χ2n) is 19.0. The number of hydrogen-bond acceptors (Lipinski definition) is 2. The molecule has 0 saturated heterocycles. The van der Waals surface area contributed by atoms with Gasteiger partial charge in [0.1, 0.15) is 11.2 Å².